The monoisotopic (exact) mass is 500 g/mol. The Bertz CT molecular complexity index is 1120. The van der Waals surface area contributed by atoms with Crippen LogP contribution < -0.4 is 9.47 Å². The van der Waals surface area contributed by atoms with E-state index in [1.165, 1.54) is 12.5 Å². The quantitative estimate of drug-likeness (QED) is 0.240. The van der Waals surface area contributed by atoms with Crippen LogP contribution in [0.25, 0.3) is 11.1 Å². The smallest absolute Gasteiger partial charge is 0.426 e. The van der Waals surface area contributed by atoms with Crippen molar-refractivity contribution in [2.45, 2.75) is 32.5 Å². The predicted molar refractivity (Wildman–Crippen MR) is 117 cm³/mol. The fourth-order valence-corrected chi connectivity index (χ4v) is 4.25. The van der Waals surface area contributed by atoms with Crippen molar-refractivity contribution in [3.05, 3.63) is 69.4 Å². The van der Waals surface area contributed by atoms with Crippen molar-refractivity contribution in [1.29, 1.82) is 0 Å². The summed E-state index contributed by atoms with van der Waals surface area (Å²) >= 11 is 0.480. The first kappa shape index (κ1) is 25.5. The number of hydrogen-bond acceptors (Lipinski definition) is 5. The standard InChI is InChI=1S/C24H21F5O4S/c1-3-32-21(30)9-4-14-10-19(25)22(20(26)11-14)33-12-17-18(13-34-23(17)24(27,28)29)15-5-7-16(31-2)8-6-15/h5-8,10-11,13H,3-4,9,12H2,1-2H3. The fraction of sp³-hybridized carbons (Fsp3) is 0.292. The molecule has 34 heavy (non-hydrogen) atoms. The topological polar surface area (TPSA) is 44.8 Å². The summed E-state index contributed by atoms with van der Waals surface area (Å²) in [5, 5.41) is 1.33. The first-order chi connectivity index (χ1) is 16.1. The third-order valence-corrected chi connectivity index (χ3v) is 5.96. The number of alkyl halides is 3. The molecular weight excluding hydrogens is 479 g/mol. The molecule has 0 radical (unpaired) electrons. The van der Waals surface area contributed by atoms with E-state index >= 15 is 0 Å². The molecule has 1 aromatic heterocycles. The number of carbonyl (C=O) groups is 1. The third-order valence-electron chi connectivity index (χ3n) is 4.89. The molecule has 2 aromatic carbocycles. The van der Waals surface area contributed by atoms with Gasteiger partial charge >= 0.3 is 12.1 Å². The van der Waals surface area contributed by atoms with Gasteiger partial charge in [-0.25, -0.2) is 8.78 Å². The minimum absolute atomic E-state index is 0.0390. The van der Waals surface area contributed by atoms with Crippen LogP contribution in [0, 0.1) is 11.6 Å². The van der Waals surface area contributed by atoms with Crippen LogP contribution in [-0.2, 0) is 28.7 Å². The van der Waals surface area contributed by atoms with Crippen LogP contribution >= 0.6 is 11.3 Å². The van der Waals surface area contributed by atoms with Gasteiger partial charge in [0.15, 0.2) is 17.4 Å². The van der Waals surface area contributed by atoms with E-state index in [0.29, 0.717) is 22.6 Å². The van der Waals surface area contributed by atoms with Gasteiger partial charge in [-0.1, -0.05) is 12.1 Å². The van der Waals surface area contributed by atoms with E-state index in [1.54, 1.807) is 31.2 Å². The van der Waals surface area contributed by atoms with Crippen LogP contribution in [0.3, 0.4) is 0 Å². The Hall–Kier alpha value is -3.14. The molecule has 0 saturated carbocycles. The molecule has 0 fully saturated rings. The Morgan fingerprint density at radius 3 is 2.26 bits per heavy atom. The number of ether oxygens (including phenoxy) is 3. The van der Waals surface area contributed by atoms with Crippen molar-refractivity contribution in [2.24, 2.45) is 0 Å². The number of hydrogen-bond donors (Lipinski definition) is 0. The Balaban J connectivity index is 1.85. The molecule has 3 rings (SSSR count). The molecule has 0 aliphatic carbocycles. The highest BCUT2D eigenvalue weighted by Crippen LogP contribution is 2.42. The Morgan fingerprint density at radius 2 is 1.71 bits per heavy atom. The van der Waals surface area contributed by atoms with Crippen LogP contribution in [0.15, 0.2) is 41.8 Å². The number of aryl methyl sites for hydroxylation is 1. The maximum Gasteiger partial charge on any atom is 0.426 e. The van der Waals surface area contributed by atoms with Crippen molar-refractivity contribution in [3.8, 4) is 22.6 Å². The second-order valence-corrected chi connectivity index (χ2v) is 8.05. The molecule has 4 nitrogen and oxygen atoms in total. The molecule has 1 heterocycles. The molecule has 0 bridgehead atoms. The molecule has 0 aliphatic rings. The lowest BCUT2D eigenvalue weighted by atomic mass is 10.0. The molecule has 0 spiro atoms. The average molecular weight is 500 g/mol. The Kier molecular flexibility index (Phi) is 8.14. The van der Waals surface area contributed by atoms with E-state index in [1.807, 2.05) is 0 Å². The molecule has 0 aliphatic heterocycles. The average Bonchev–Trinajstić information content (AvgIpc) is 3.22. The van der Waals surface area contributed by atoms with E-state index in [2.05, 4.69) is 0 Å². The molecule has 0 amide bonds. The summed E-state index contributed by atoms with van der Waals surface area (Å²) in [5.41, 5.74) is 0.682. The predicted octanol–water partition coefficient (Wildman–Crippen LogP) is 6.80. The van der Waals surface area contributed by atoms with Crippen LogP contribution in [-0.4, -0.2) is 19.7 Å². The number of esters is 1. The molecular formula is C24H21F5O4S. The Morgan fingerprint density at radius 1 is 1.06 bits per heavy atom. The van der Waals surface area contributed by atoms with Crippen LogP contribution in [0.2, 0.25) is 0 Å². The zero-order valence-corrected chi connectivity index (χ0v) is 19.1. The van der Waals surface area contributed by atoms with E-state index in [-0.39, 0.29) is 36.1 Å². The zero-order valence-electron chi connectivity index (χ0n) is 18.3. The second-order valence-electron chi connectivity index (χ2n) is 7.17. The van der Waals surface area contributed by atoms with E-state index < -0.39 is 41.0 Å². The minimum Gasteiger partial charge on any atom is -0.497 e. The van der Waals surface area contributed by atoms with Gasteiger partial charge in [0, 0.05) is 12.0 Å². The molecule has 0 atom stereocenters. The number of halogens is 5. The third kappa shape index (κ3) is 6.05. The summed E-state index contributed by atoms with van der Waals surface area (Å²) in [6, 6.07) is 8.34. The normalized spacial score (nSPS) is 11.4. The van der Waals surface area contributed by atoms with Crippen LogP contribution in [0.5, 0.6) is 11.5 Å². The van der Waals surface area contributed by atoms with Gasteiger partial charge in [-0.15, -0.1) is 11.3 Å². The maximum absolute atomic E-state index is 14.5. The largest absolute Gasteiger partial charge is 0.497 e. The van der Waals surface area contributed by atoms with Gasteiger partial charge in [0.2, 0.25) is 0 Å². The number of thiophene rings is 1. The fourth-order valence-electron chi connectivity index (χ4n) is 3.29. The second kappa shape index (κ2) is 10.9. The van der Waals surface area contributed by atoms with Crippen LogP contribution in [0.1, 0.15) is 29.3 Å². The van der Waals surface area contributed by atoms with E-state index in [9.17, 15) is 26.7 Å². The molecule has 0 N–H and O–H groups in total. The molecule has 182 valence electrons. The van der Waals surface area contributed by atoms with Gasteiger partial charge in [0.25, 0.3) is 0 Å². The van der Waals surface area contributed by atoms with Gasteiger partial charge in [0.05, 0.1) is 13.7 Å². The number of carbonyl (C=O) groups excluding carboxylic acids is 1. The summed E-state index contributed by atoms with van der Waals surface area (Å²) in [6.45, 7) is 1.13. The zero-order chi connectivity index (χ0) is 24.9. The highest BCUT2D eigenvalue weighted by atomic mass is 32.1. The van der Waals surface area contributed by atoms with Crippen molar-refractivity contribution < 1.29 is 41.0 Å². The lowest BCUT2D eigenvalue weighted by molar-refractivity contribution is -0.143. The van der Waals surface area contributed by atoms with Crippen molar-refractivity contribution in [3.63, 3.8) is 0 Å². The lowest BCUT2D eigenvalue weighted by Gasteiger charge is -2.14. The highest BCUT2D eigenvalue weighted by molar-refractivity contribution is 7.10. The van der Waals surface area contributed by atoms with E-state index in [0.717, 1.165) is 12.1 Å². The first-order valence-electron chi connectivity index (χ1n) is 10.2. The lowest BCUT2D eigenvalue weighted by Crippen LogP contribution is -2.10. The van der Waals surface area contributed by atoms with Crippen molar-refractivity contribution in [2.75, 3.05) is 13.7 Å². The summed E-state index contributed by atoms with van der Waals surface area (Å²) in [5.74, 6) is -2.92. The van der Waals surface area contributed by atoms with Gasteiger partial charge in [-0.05, 0) is 59.7 Å². The number of rotatable bonds is 9. The van der Waals surface area contributed by atoms with Gasteiger partial charge in [0.1, 0.15) is 17.2 Å². The molecule has 3 aromatic rings. The van der Waals surface area contributed by atoms with E-state index in [4.69, 9.17) is 14.2 Å². The molecule has 10 heteroatoms. The maximum atomic E-state index is 14.5. The van der Waals surface area contributed by atoms with Gasteiger partial charge in [-0.3, -0.25) is 4.79 Å². The van der Waals surface area contributed by atoms with Gasteiger partial charge < -0.3 is 14.2 Å². The number of methoxy groups -OCH3 is 1. The Labute approximate surface area is 196 Å². The highest BCUT2D eigenvalue weighted by Gasteiger charge is 2.37. The molecule has 0 saturated heterocycles. The summed E-state index contributed by atoms with van der Waals surface area (Å²) in [7, 11) is 1.46. The SMILES string of the molecule is CCOC(=O)CCc1cc(F)c(OCc2c(-c3ccc(OC)cc3)csc2C(F)(F)F)c(F)c1. The van der Waals surface area contributed by atoms with Crippen LogP contribution in [0.4, 0.5) is 22.0 Å². The molecule has 0 unspecified atom stereocenters. The summed E-state index contributed by atoms with van der Waals surface area (Å²) in [6.07, 6.45) is -4.69. The minimum atomic E-state index is -4.66. The van der Waals surface area contributed by atoms with Crippen molar-refractivity contribution in [1.82, 2.24) is 0 Å². The summed E-state index contributed by atoms with van der Waals surface area (Å²) < 4.78 is 84.9. The van der Waals surface area contributed by atoms with Crippen molar-refractivity contribution >= 4 is 17.3 Å². The first-order valence-corrected chi connectivity index (χ1v) is 11.1. The number of benzene rings is 2. The summed E-state index contributed by atoms with van der Waals surface area (Å²) in [4.78, 5) is 10.5. The van der Waals surface area contributed by atoms with Gasteiger partial charge in [-0.2, -0.15) is 13.2 Å².